The molecule has 0 aromatic heterocycles. The lowest BCUT2D eigenvalue weighted by Gasteiger charge is -2.35. The number of Topliss-reactive ketones (excluding diaryl/α,β-unsaturated/α-hetero) is 1. The number of aryl methyl sites for hydroxylation is 2. The van der Waals surface area contributed by atoms with Crippen LogP contribution in [0.1, 0.15) is 34.3 Å². The number of rotatable bonds is 4. The Balaban J connectivity index is 1.58. The normalized spacial score (nSPS) is 19.7. The third kappa shape index (κ3) is 3.40. The number of hydrogen-bond acceptors (Lipinski definition) is 4. The molecule has 1 atom stereocenters. The Kier molecular flexibility index (Phi) is 4.57. The molecule has 0 radical (unpaired) electrons. The van der Waals surface area contributed by atoms with Crippen LogP contribution in [0.3, 0.4) is 0 Å². The fraction of sp³-hybridized carbons (Fsp3) is 0.444. The Morgan fingerprint density at radius 1 is 1.16 bits per heavy atom. The van der Waals surface area contributed by atoms with Crippen molar-refractivity contribution < 1.29 is 19.2 Å². The molecule has 4 amide bonds. The highest BCUT2D eigenvalue weighted by Gasteiger charge is 2.42. The number of amides is 4. The summed E-state index contributed by atoms with van der Waals surface area (Å²) in [6.07, 6.45) is 0.244. The van der Waals surface area contributed by atoms with Gasteiger partial charge in [0.25, 0.3) is 5.91 Å². The third-order valence-corrected chi connectivity index (χ3v) is 4.79. The molecule has 0 spiro atoms. The Hall–Kier alpha value is -2.70. The van der Waals surface area contributed by atoms with Gasteiger partial charge in [-0.2, -0.15) is 0 Å². The van der Waals surface area contributed by atoms with Gasteiger partial charge in [-0.3, -0.25) is 19.7 Å². The standard InChI is InChI=1S/C18H21N3O4/c1-11-3-4-12(2)13(9-11)15(22)5-6-16(23)20-7-8-21-14(10-20)17(24)19-18(21)25/h3-4,9,14H,5-8,10H2,1-2H3,(H,19,24,25). The van der Waals surface area contributed by atoms with E-state index in [2.05, 4.69) is 5.32 Å². The molecule has 0 bridgehead atoms. The molecule has 2 aliphatic rings. The number of imide groups is 1. The summed E-state index contributed by atoms with van der Waals surface area (Å²) in [7, 11) is 0. The van der Waals surface area contributed by atoms with E-state index in [-0.39, 0.29) is 37.0 Å². The number of carbonyl (C=O) groups excluding carboxylic acids is 4. The van der Waals surface area contributed by atoms with Crippen molar-refractivity contribution in [1.82, 2.24) is 15.1 Å². The van der Waals surface area contributed by atoms with E-state index in [1.54, 1.807) is 4.90 Å². The number of nitrogens with zero attached hydrogens (tertiary/aromatic N) is 2. The van der Waals surface area contributed by atoms with E-state index in [0.29, 0.717) is 18.7 Å². The minimum atomic E-state index is -0.611. The van der Waals surface area contributed by atoms with E-state index >= 15 is 0 Å². The zero-order valence-electron chi connectivity index (χ0n) is 14.4. The van der Waals surface area contributed by atoms with Crippen molar-refractivity contribution in [2.24, 2.45) is 0 Å². The topological polar surface area (TPSA) is 86.8 Å². The van der Waals surface area contributed by atoms with Gasteiger partial charge in [0.2, 0.25) is 5.91 Å². The van der Waals surface area contributed by atoms with Crippen LogP contribution in [0.2, 0.25) is 0 Å². The predicted octanol–water partition coefficient (Wildman–Crippen LogP) is 1.03. The predicted molar refractivity (Wildman–Crippen MR) is 90.1 cm³/mol. The number of urea groups is 1. The first kappa shape index (κ1) is 17.1. The highest BCUT2D eigenvalue weighted by molar-refractivity contribution is 6.05. The van der Waals surface area contributed by atoms with E-state index in [4.69, 9.17) is 0 Å². The first-order valence-corrected chi connectivity index (χ1v) is 8.36. The number of benzene rings is 1. The van der Waals surface area contributed by atoms with Crippen LogP contribution in [0.4, 0.5) is 4.79 Å². The van der Waals surface area contributed by atoms with Gasteiger partial charge in [-0.15, -0.1) is 0 Å². The van der Waals surface area contributed by atoms with E-state index < -0.39 is 12.1 Å². The van der Waals surface area contributed by atoms with Crippen molar-refractivity contribution in [3.05, 3.63) is 34.9 Å². The van der Waals surface area contributed by atoms with E-state index in [1.807, 2.05) is 32.0 Å². The maximum absolute atomic E-state index is 12.4. The first-order chi connectivity index (χ1) is 11.9. The molecule has 132 valence electrons. The lowest BCUT2D eigenvalue weighted by molar-refractivity contribution is -0.135. The van der Waals surface area contributed by atoms with Gasteiger partial charge < -0.3 is 9.80 Å². The van der Waals surface area contributed by atoms with Crippen LogP contribution < -0.4 is 5.32 Å². The molecule has 0 saturated carbocycles. The molecule has 2 saturated heterocycles. The zero-order chi connectivity index (χ0) is 18.1. The molecule has 7 nitrogen and oxygen atoms in total. The summed E-state index contributed by atoms with van der Waals surface area (Å²) in [5.41, 5.74) is 2.56. The highest BCUT2D eigenvalue weighted by Crippen LogP contribution is 2.18. The molecular weight excluding hydrogens is 322 g/mol. The zero-order valence-corrected chi connectivity index (χ0v) is 14.4. The van der Waals surface area contributed by atoms with Crippen molar-refractivity contribution in [2.75, 3.05) is 19.6 Å². The largest absolute Gasteiger partial charge is 0.338 e. The van der Waals surface area contributed by atoms with Crippen LogP contribution >= 0.6 is 0 Å². The Bertz CT molecular complexity index is 759. The molecule has 2 aliphatic heterocycles. The molecule has 0 aliphatic carbocycles. The van der Waals surface area contributed by atoms with Gasteiger partial charge in [-0.1, -0.05) is 17.7 Å². The highest BCUT2D eigenvalue weighted by atomic mass is 16.2. The number of nitrogens with one attached hydrogen (secondary N) is 1. The minimum Gasteiger partial charge on any atom is -0.338 e. The molecule has 1 N–H and O–H groups in total. The van der Waals surface area contributed by atoms with Crippen LogP contribution in [0.5, 0.6) is 0 Å². The lowest BCUT2D eigenvalue weighted by Crippen LogP contribution is -2.54. The first-order valence-electron chi connectivity index (χ1n) is 8.36. The molecule has 3 rings (SSSR count). The van der Waals surface area contributed by atoms with E-state index in [9.17, 15) is 19.2 Å². The molecule has 1 aromatic rings. The van der Waals surface area contributed by atoms with E-state index in [0.717, 1.165) is 11.1 Å². The summed E-state index contributed by atoms with van der Waals surface area (Å²) in [4.78, 5) is 51.1. The molecule has 25 heavy (non-hydrogen) atoms. The average molecular weight is 343 g/mol. The monoisotopic (exact) mass is 343 g/mol. The Labute approximate surface area is 146 Å². The molecule has 2 heterocycles. The summed E-state index contributed by atoms with van der Waals surface area (Å²) in [6, 6.07) is 4.69. The van der Waals surface area contributed by atoms with Gasteiger partial charge in [0.15, 0.2) is 5.78 Å². The van der Waals surface area contributed by atoms with Crippen LogP contribution in [0, 0.1) is 13.8 Å². The van der Waals surface area contributed by atoms with Crippen molar-refractivity contribution in [3.63, 3.8) is 0 Å². The second kappa shape index (κ2) is 6.66. The average Bonchev–Trinajstić information content (AvgIpc) is 2.88. The second-order valence-electron chi connectivity index (χ2n) is 6.58. The number of carbonyl (C=O) groups is 4. The number of ketones is 1. The molecule has 1 aromatic carbocycles. The van der Waals surface area contributed by atoms with Crippen molar-refractivity contribution >= 4 is 23.6 Å². The van der Waals surface area contributed by atoms with Crippen LogP contribution in [-0.2, 0) is 9.59 Å². The Morgan fingerprint density at radius 3 is 2.68 bits per heavy atom. The third-order valence-electron chi connectivity index (χ3n) is 4.79. The second-order valence-corrected chi connectivity index (χ2v) is 6.58. The van der Waals surface area contributed by atoms with Gasteiger partial charge >= 0.3 is 6.03 Å². The van der Waals surface area contributed by atoms with Crippen molar-refractivity contribution in [3.8, 4) is 0 Å². The molecule has 7 heteroatoms. The Morgan fingerprint density at radius 2 is 1.92 bits per heavy atom. The maximum atomic E-state index is 12.4. The van der Waals surface area contributed by atoms with Crippen LogP contribution in [-0.4, -0.2) is 59.1 Å². The van der Waals surface area contributed by atoms with Gasteiger partial charge in [0, 0.05) is 31.5 Å². The fourth-order valence-electron chi connectivity index (χ4n) is 3.29. The molecule has 1 unspecified atom stereocenters. The summed E-state index contributed by atoms with van der Waals surface area (Å²) < 4.78 is 0. The van der Waals surface area contributed by atoms with Crippen molar-refractivity contribution in [1.29, 1.82) is 0 Å². The maximum Gasteiger partial charge on any atom is 0.324 e. The van der Waals surface area contributed by atoms with Gasteiger partial charge in [-0.05, 0) is 25.5 Å². The molecule has 2 fully saturated rings. The summed E-state index contributed by atoms with van der Waals surface area (Å²) >= 11 is 0. The van der Waals surface area contributed by atoms with Gasteiger partial charge in [-0.25, -0.2) is 4.79 Å². The summed E-state index contributed by atoms with van der Waals surface area (Å²) in [5.74, 6) is -0.582. The van der Waals surface area contributed by atoms with Gasteiger partial charge in [0.05, 0.1) is 6.54 Å². The summed E-state index contributed by atoms with van der Waals surface area (Å²) in [6.45, 7) is 4.71. The van der Waals surface area contributed by atoms with E-state index in [1.165, 1.54) is 4.90 Å². The minimum absolute atomic E-state index is 0.0537. The number of hydrogen-bond donors (Lipinski definition) is 1. The van der Waals surface area contributed by atoms with Crippen molar-refractivity contribution in [2.45, 2.75) is 32.7 Å². The fourth-order valence-corrected chi connectivity index (χ4v) is 3.29. The quantitative estimate of drug-likeness (QED) is 0.653. The number of piperazine rings is 1. The SMILES string of the molecule is Cc1ccc(C)c(C(=O)CCC(=O)N2CCN3C(=O)NC(=O)C3C2)c1. The summed E-state index contributed by atoms with van der Waals surface area (Å²) in [5, 5.41) is 2.26. The molecular formula is C18H21N3O4. The van der Waals surface area contributed by atoms with Crippen LogP contribution in [0.25, 0.3) is 0 Å². The van der Waals surface area contributed by atoms with Crippen LogP contribution in [0.15, 0.2) is 18.2 Å². The van der Waals surface area contributed by atoms with Gasteiger partial charge in [0.1, 0.15) is 6.04 Å². The lowest BCUT2D eigenvalue weighted by atomic mass is 9.99. The number of fused-ring (bicyclic) bond motifs is 1. The smallest absolute Gasteiger partial charge is 0.324 e.